The molecule has 0 aromatic heterocycles. The van der Waals surface area contributed by atoms with E-state index < -0.39 is 5.41 Å². The Kier molecular flexibility index (Phi) is 14.5. The zero-order chi connectivity index (χ0) is 56.2. The fourth-order valence-electron chi connectivity index (χ4n) is 11.8. The summed E-state index contributed by atoms with van der Waals surface area (Å²) in [5.74, 6) is 4.39. The Morgan fingerprint density at radius 2 is 0.622 bits per heavy atom. The van der Waals surface area contributed by atoms with Gasteiger partial charge in [-0.1, -0.05) is 283 Å². The number of rotatable bonds is 13. The molecule has 1 heteroatoms. The molecule has 82 heavy (non-hydrogen) atoms. The van der Waals surface area contributed by atoms with E-state index >= 15 is 0 Å². The number of hydrogen-bond donors (Lipinski definition) is 0. The molecule has 0 aliphatic carbocycles. The predicted molar refractivity (Wildman–Crippen MR) is 347 cm³/mol. The lowest BCUT2D eigenvalue weighted by Gasteiger charge is -2.33. The van der Waals surface area contributed by atoms with Crippen LogP contribution in [0.2, 0.25) is 0 Å². The summed E-state index contributed by atoms with van der Waals surface area (Å²) in [6, 6.07) is 105. The van der Waals surface area contributed by atoms with Gasteiger partial charge in [0.2, 0.25) is 0 Å². The molecule has 12 rings (SSSR count). The topological polar surface area (TPSA) is 9.23 Å². The molecule has 0 bridgehead atoms. The molecule has 0 unspecified atom stereocenters. The molecule has 1 nitrogen and oxygen atoms in total. The molecule has 12 aromatic rings. The van der Waals surface area contributed by atoms with Crippen LogP contribution in [0.5, 0.6) is 11.5 Å². The SMILES string of the molecule is C#Cc1cccc(C(C)(C)c2cc(-c3ccccc3)c(-c3ccc(Oc4ccc(-c5c(-c6ccccc6)cc(-c6cccc(C(C)(C)C)c6)c(-c6ccccc6)c5-c5ccccc5)cc4)cc3)c(-c3ccccc3)c2-c2ccccc2)c1. The second-order valence-corrected chi connectivity index (χ2v) is 22.7. The van der Waals surface area contributed by atoms with Gasteiger partial charge in [-0.15, -0.1) is 6.42 Å². The molecule has 0 atom stereocenters. The van der Waals surface area contributed by atoms with Crippen molar-refractivity contribution in [3.8, 4) is 124 Å². The smallest absolute Gasteiger partial charge is 0.127 e. The van der Waals surface area contributed by atoms with Gasteiger partial charge in [-0.2, -0.15) is 0 Å². The Labute approximate surface area is 484 Å². The molecule has 0 spiro atoms. The third-order valence-electron chi connectivity index (χ3n) is 16.1. The van der Waals surface area contributed by atoms with E-state index in [4.69, 9.17) is 11.2 Å². The van der Waals surface area contributed by atoms with Crippen LogP contribution in [0.15, 0.2) is 291 Å². The molecule has 0 N–H and O–H groups in total. The summed E-state index contributed by atoms with van der Waals surface area (Å²) >= 11 is 0. The van der Waals surface area contributed by atoms with Gasteiger partial charge in [-0.3, -0.25) is 0 Å². The zero-order valence-corrected chi connectivity index (χ0v) is 47.2. The Bertz CT molecular complexity index is 4220. The van der Waals surface area contributed by atoms with Gasteiger partial charge in [-0.05, 0) is 171 Å². The quantitative estimate of drug-likeness (QED) is 0.105. The molecule has 394 valence electrons. The Balaban J connectivity index is 1.00. The Morgan fingerprint density at radius 1 is 0.280 bits per heavy atom. The highest BCUT2D eigenvalue weighted by molar-refractivity contribution is 6.08. The third kappa shape index (κ3) is 10.5. The van der Waals surface area contributed by atoms with Crippen molar-refractivity contribution in [1.82, 2.24) is 0 Å². The number of benzene rings is 12. The van der Waals surface area contributed by atoms with Gasteiger partial charge in [0.1, 0.15) is 11.5 Å². The normalized spacial score (nSPS) is 11.5. The number of ether oxygens (including phenoxy) is 1. The van der Waals surface area contributed by atoms with Crippen LogP contribution in [0.25, 0.3) is 100 Å². The maximum Gasteiger partial charge on any atom is 0.127 e. The van der Waals surface area contributed by atoms with E-state index in [9.17, 15) is 0 Å². The lowest BCUT2D eigenvalue weighted by atomic mass is 9.70. The molecule has 0 fully saturated rings. The van der Waals surface area contributed by atoms with E-state index in [1.165, 1.54) is 44.5 Å². The fourth-order valence-corrected chi connectivity index (χ4v) is 11.8. The molecule has 0 amide bonds. The van der Waals surface area contributed by atoms with Crippen LogP contribution in [0.4, 0.5) is 0 Å². The van der Waals surface area contributed by atoms with Crippen molar-refractivity contribution >= 4 is 0 Å². The highest BCUT2D eigenvalue weighted by Gasteiger charge is 2.32. The van der Waals surface area contributed by atoms with Crippen LogP contribution in [0, 0.1) is 12.3 Å². The summed E-state index contributed by atoms with van der Waals surface area (Å²) in [7, 11) is 0. The monoisotopic (exact) mass is 1050 g/mol. The van der Waals surface area contributed by atoms with Gasteiger partial charge in [0.05, 0.1) is 0 Å². The first-order valence-corrected chi connectivity index (χ1v) is 28.4. The molecule has 0 saturated carbocycles. The van der Waals surface area contributed by atoms with Crippen LogP contribution in [-0.4, -0.2) is 0 Å². The number of terminal acetylenes is 1. The summed E-state index contributed by atoms with van der Waals surface area (Å²) in [5.41, 5.74) is 24.8. The Hall–Kier alpha value is -10.0. The van der Waals surface area contributed by atoms with Crippen molar-refractivity contribution in [3.63, 3.8) is 0 Å². The van der Waals surface area contributed by atoms with Crippen molar-refractivity contribution < 1.29 is 4.74 Å². The largest absolute Gasteiger partial charge is 0.457 e. The molecule has 12 aromatic carbocycles. The predicted octanol–water partition coefficient (Wildman–Crippen LogP) is 22.1. The summed E-state index contributed by atoms with van der Waals surface area (Å²) in [4.78, 5) is 0. The molecule has 0 heterocycles. The molecule has 0 aliphatic heterocycles. The first kappa shape index (κ1) is 52.7. The highest BCUT2D eigenvalue weighted by atomic mass is 16.5. The summed E-state index contributed by atoms with van der Waals surface area (Å²) in [5, 5.41) is 0. The Morgan fingerprint density at radius 3 is 1.06 bits per heavy atom. The van der Waals surface area contributed by atoms with Crippen LogP contribution >= 0.6 is 0 Å². The van der Waals surface area contributed by atoms with E-state index in [-0.39, 0.29) is 5.41 Å². The van der Waals surface area contributed by atoms with Crippen LogP contribution in [0.1, 0.15) is 56.9 Å². The van der Waals surface area contributed by atoms with Crippen molar-refractivity contribution in [2.75, 3.05) is 0 Å². The minimum atomic E-state index is -0.449. The highest BCUT2D eigenvalue weighted by Crippen LogP contribution is 2.53. The van der Waals surface area contributed by atoms with Gasteiger partial charge in [0.15, 0.2) is 0 Å². The average Bonchev–Trinajstić information content (AvgIpc) is 2.91. The first-order chi connectivity index (χ1) is 40.0. The summed E-state index contributed by atoms with van der Waals surface area (Å²) < 4.78 is 6.84. The van der Waals surface area contributed by atoms with Gasteiger partial charge >= 0.3 is 0 Å². The molecular formula is C81H64O. The van der Waals surface area contributed by atoms with Gasteiger partial charge < -0.3 is 4.74 Å². The molecular weight excluding hydrogens is 989 g/mol. The standard InChI is InChI=1S/C81H64O/c1-7-56-28-26-43-67(52-56)81(5,6)73-55-72(58-31-16-9-17-32-58)76(79(62-39-24-13-25-40-62)77(73)60-35-20-11-21-36-60)64-46-50-69(51-47-64)82-68-48-44-63(45-49-68)75-70(57-29-14-8-15-30-57)54-71(65-41-27-42-66(53-65)80(2,3)4)74(59-33-18-10-19-34-59)78(75)61-37-22-12-23-38-61/h1,8-55H,2-6H3. The fraction of sp³-hybridized carbons (Fsp3) is 0.0864. The molecule has 0 saturated heterocycles. The lowest BCUT2D eigenvalue weighted by Crippen LogP contribution is -2.21. The van der Waals surface area contributed by atoms with Crippen LogP contribution in [-0.2, 0) is 10.8 Å². The lowest BCUT2D eigenvalue weighted by molar-refractivity contribution is 0.483. The third-order valence-corrected chi connectivity index (χ3v) is 16.1. The van der Waals surface area contributed by atoms with E-state index in [1.54, 1.807) is 0 Å². The zero-order valence-electron chi connectivity index (χ0n) is 47.2. The molecule has 0 radical (unpaired) electrons. The summed E-state index contributed by atoms with van der Waals surface area (Å²) in [6.45, 7) is 11.5. The first-order valence-electron chi connectivity index (χ1n) is 28.4. The minimum Gasteiger partial charge on any atom is -0.457 e. The van der Waals surface area contributed by atoms with Gasteiger partial charge in [0, 0.05) is 11.0 Å². The maximum absolute atomic E-state index is 6.84. The molecule has 0 aliphatic rings. The van der Waals surface area contributed by atoms with Crippen LogP contribution in [0.3, 0.4) is 0 Å². The van der Waals surface area contributed by atoms with Gasteiger partial charge in [-0.25, -0.2) is 0 Å². The maximum atomic E-state index is 6.84. The van der Waals surface area contributed by atoms with E-state index in [0.717, 1.165) is 89.4 Å². The van der Waals surface area contributed by atoms with Crippen molar-refractivity contribution in [2.24, 2.45) is 0 Å². The van der Waals surface area contributed by atoms with Crippen molar-refractivity contribution in [3.05, 3.63) is 313 Å². The number of hydrogen-bond acceptors (Lipinski definition) is 1. The summed E-state index contributed by atoms with van der Waals surface area (Å²) in [6.07, 6.45) is 6.03. The average molecular weight is 1050 g/mol. The van der Waals surface area contributed by atoms with Gasteiger partial charge in [0.25, 0.3) is 0 Å². The minimum absolute atomic E-state index is 0.0225. The van der Waals surface area contributed by atoms with E-state index in [0.29, 0.717) is 0 Å². The second-order valence-electron chi connectivity index (χ2n) is 22.7. The van der Waals surface area contributed by atoms with Crippen molar-refractivity contribution in [1.29, 1.82) is 0 Å². The van der Waals surface area contributed by atoms with Crippen molar-refractivity contribution in [2.45, 2.75) is 45.4 Å². The van der Waals surface area contributed by atoms with E-state index in [2.05, 4.69) is 326 Å². The van der Waals surface area contributed by atoms with Crippen LogP contribution < -0.4 is 4.74 Å². The second kappa shape index (κ2) is 22.6. The van der Waals surface area contributed by atoms with E-state index in [1.807, 2.05) is 6.07 Å².